The van der Waals surface area contributed by atoms with E-state index in [4.69, 9.17) is 4.74 Å². The smallest absolute Gasteiger partial charge is 0.123 e. The van der Waals surface area contributed by atoms with Gasteiger partial charge in [0.25, 0.3) is 0 Å². The van der Waals surface area contributed by atoms with E-state index in [1.165, 1.54) is 5.56 Å². The quantitative estimate of drug-likeness (QED) is 0.842. The van der Waals surface area contributed by atoms with E-state index in [1.807, 2.05) is 19.2 Å². The second kappa shape index (κ2) is 6.89. The molecule has 0 amide bonds. The molecule has 0 aromatic heterocycles. The highest BCUT2D eigenvalue weighted by atomic mass is 79.9. The number of halogens is 1. The third-order valence-corrected chi connectivity index (χ3v) is 3.01. The third kappa shape index (κ3) is 3.47. The highest BCUT2D eigenvalue weighted by Crippen LogP contribution is 2.28. The molecule has 0 heterocycles. The summed E-state index contributed by atoms with van der Waals surface area (Å²) in [5.41, 5.74) is 1.17. The fourth-order valence-electron chi connectivity index (χ4n) is 1.63. The average Bonchev–Trinajstić information content (AvgIpc) is 2.30. The molecule has 0 fully saturated rings. The minimum absolute atomic E-state index is 0.257. The molecule has 1 aromatic rings. The molecule has 0 saturated carbocycles. The summed E-state index contributed by atoms with van der Waals surface area (Å²) in [5.74, 6) is 0.917. The van der Waals surface area contributed by atoms with Gasteiger partial charge in [0.05, 0.1) is 7.11 Å². The average molecular weight is 287 g/mol. The van der Waals surface area contributed by atoms with Crippen LogP contribution in [0.4, 0.5) is 0 Å². The lowest BCUT2D eigenvalue weighted by Gasteiger charge is -2.20. The van der Waals surface area contributed by atoms with Crippen LogP contribution in [0.5, 0.6) is 5.75 Å². The summed E-state index contributed by atoms with van der Waals surface area (Å²) in [6.45, 7) is 3.96. The van der Waals surface area contributed by atoms with Gasteiger partial charge in [-0.25, -0.2) is 0 Å². The summed E-state index contributed by atoms with van der Waals surface area (Å²) in [7, 11) is 3.66. The van der Waals surface area contributed by atoms with E-state index in [0.29, 0.717) is 0 Å². The second-order valence-corrected chi connectivity index (χ2v) is 4.45. The van der Waals surface area contributed by atoms with Crippen LogP contribution in [-0.4, -0.2) is 27.2 Å². The molecule has 4 heteroatoms. The summed E-state index contributed by atoms with van der Waals surface area (Å²) >= 11 is 3.49. The zero-order valence-electron chi connectivity index (χ0n) is 10.0. The number of hydrogen-bond donors (Lipinski definition) is 2. The number of nitrogens with one attached hydrogen (secondary N) is 2. The van der Waals surface area contributed by atoms with E-state index in [-0.39, 0.29) is 6.04 Å². The molecule has 0 aliphatic heterocycles. The van der Waals surface area contributed by atoms with E-state index in [1.54, 1.807) is 7.11 Å². The molecule has 1 rings (SSSR count). The number of hydrogen-bond acceptors (Lipinski definition) is 3. The summed E-state index contributed by atoms with van der Waals surface area (Å²) in [6, 6.07) is 6.32. The van der Waals surface area contributed by atoms with Gasteiger partial charge in [0, 0.05) is 22.6 Å². The molecular formula is C12H19BrN2O. The maximum atomic E-state index is 5.37. The Balaban J connectivity index is 2.92. The van der Waals surface area contributed by atoms with Crippen LogP contribution in [0.1, 0.15) is 18.5 Å². The Bertz CT molecular complexity index is 331. The molecule has 3 nitrogen and oxygen atoms in total. The van der Waals surface area contributed by atoms with E-state index in [2.05, 4.69) is 39.6 Å². The van der Waals surface area contributed by atoms with Crippen LogP contribution < -0.4 is 15.4 Å². The number of likely N-dealkylation sites (N-methyl/N-ethyl adjacent to an activating group) is 2. The van der Waals surface area contributed by atoms with Crippen molar-refractivity contribution >= 4 is 15.9 Å². The molecule has 16 heavy (non-hydrogen) atoms. The molecule has 0 radical (unpaired) electrons. The molecule has 1 atom stereocenters. The molecular weight excluding hydrogens is 268 g/mol. The Hall–Kier alpha value is -0.580. The first kappa shape index (κ1) is 13.5. The van der Waals surface area contributed by atoms with Crippen molar-refractivity contribution in [1.82, 2.24) is 10.6 Å². The van der Waals surface area contributed by atoms with Crippen molar-refractivity contribution in [1.29, 1.82) is 0 Å². The maximum absolute atomic E-state index is 5.37. The normalized spacial score (nSPS) is 12.5. The zero-order valence-corrected chi connectivity index (χ0v) is 11.6. The van der Waals surface area contributed by atoms with Gasteiger partial charge in [0.1, 0.15) is 5.75 Å². The molecule has 90 valence electrons. The summed E-state index contributed by atoms with van der Waals surface area (Å²) in [5, 5.41) is 6.63. The van der Waals surface area contributed by atoms with E-state index >= 15 is 0 Å². The first-order valence-corrected chi connectivity index (χ1v) is 6.23. The summed E-state index contributed by atoms with van der Waals surface area (Å²) in [4.78, 5) is 0. The standard InChI is InChI=1S/C12H19BrN2O/c1-4-15-8-11(14-2)10-7-9(13)5-6-12(10)16-3/h5-7,11,14-15H,4,8H2,1-3H3. The molecule has 2 N–H and O–H groups in total. The van der Waals surface area contributed by atoms with E-state index < -0.39 is 0 Å². The lowest BCUT2D eigenvalue weighted by Crippen LogP contribution is -2.29. The summed E-state index contributed by atoms with van der Waals surface area (Å²) < 4.78 is 6.44. The van der Waals surface area contributed by atoms with Crippen LogP contribution in [0.15, 0.2) is 22.7 Å². The molecule has 1 unspecified atom stereocenters. The lowest BCUT2D eigenvalue weighted by molar-refractivity contribution is 0.399. The largest absolute Gasteiger partial charge is 0.496 e. The van der Waals surface area contributed by atoms with Crippen molar-refractivity contribution in [2.75, 3.05) is 27.2 Å². The Morgan fingerprint density at radius 2 is 2.19 bits per heavy atom. The number of benzene rings is 1. The Labute approximate surface area is 106 Å². The minimum Gasteiger partial charge on any atom is -0.496 e. The van der Waals surface area contributed by atoms with Crippen molar-refractivity contribution in [3.05, 3.63) is 28.2 Å². The molecule has 0 saturated heterocycles. The van der Waals surface area contributed by atoms with Gasteiger partial charge in [-0.2, -0.15) is 0 Å². The number of methoxy groups -OCH3 is 1. The van der Waals surface area contributed by atoms with Gasteiger partial charge in [0.2, 0.25) is 0 Å². The van der Waals surface area contributed by atoms with Crippen molar-refractivity contribution < 1.29 is 4.74 Å². The van der Waals surface area contributed by atoms with Gasteiger partial charge in [-0.05, 0) is 31.8 Å². The second-order valence-electron chi connectivity index (χ2n) is 3.54. The van der Waals surface area contributed by atoms with Gasteiger partial charge in [-0.3, -0.25) is 0 Å². The SMILES string of the molecule is CCNCC(NC)c1cc(Br)ccc1OC. The van der Waals surface area contributed by atoms with Crippen molar-refractivity contribution in [2.24, 2.45) is 0 Å². The lowest BCUT2D eigenvalue weighted by atomic mass is 10.1. The highest BCUT2D eigenvalue weighted by molar-refractivity contribution is 9.10. The van der Waals surface area contributed by atoms with Gasteiger partial charge in [0.15, 0.2) is 0 Å². The van der Waals surface area contributed by atoms with Crippen LogP contribution >= 0.6 is 15.9 Å². The molecule has 0 aliphatic carbocycles. The fourth-order valence-corrected chi connectivity index (χ4v) is 2.01. The van der Waals surface area contributed by atoms with E-state index in [9.17, 15) is 0 Å². The maximum Gasteiger partial charge on any atom is 0.123 e. The first-order valence-electron chi connectivity index (χ1n) is 5.44. The van der Waals surface area contributed by atoms with Crippen LogP contribution in [0.2, 0.25) is 0 Å². The molecule has 1 aromatic carbocycles. The highest BCUT2D eigenvalue weighted by Gasteiger charge is 2.14. The predicted molar refractivity (Wildman–Crippen MR) is 71.0 cm³/mol. The molecule has 0 aliphatic rings. The number of ether oxygens (including phenoxy) is 1. The van der Waals surface area contributed by atoms with Gasteiger partial charge in [-0.1, -0.05) is 22.9 Å². The van der Waals surface area contributed by atoms with Crippen molar-refractivity contribution in [2.45, 2.75) is 13.0 Å². The van der Waals surface area contributed by atoms with Crippen LogP contribution in [0.25, 0.3) is 0 Å². The zero-order chi connectivity index (χ0) is 12.0. The predicted octanol–water partition coefficient (Wildman–Crippen LogP) is 2.33. The Morgan fingerprint density at radius 1 is 1.44 bits per heavy atom. The molecule has 0 bridgehead atoms. The van der Waals surface area contributed by atoms with Crippen LogP contribution in [-0.2, 0) is 0 Å². The Morgan fingerprint density at radius 3 is 2.75 bits per heavy atom. The molecule has 0 spiro atoms. The van der Waals surface area contributed by atoms with Crippen molar-refractivity contribution in [3.8, 4) is 5.75 Å². The van der Waals surface area contributed by atoms with Gasteiger partial charge < -0.3 is 15.4 Å². The van der Waals surface area contributed by atoms with Gasteiger partial charge in [-0.15, -0.1) is 0 Å². The monoisotopic (exact) mass is 286 g/mol. The summed E-state index contributed by atoms with van der Waals surface area (Å²) in [6.07, 6.45) is 0. The van der Waals surface area contributed by atoms with E-state index in [0.717, 1.165) is 23.3 Å². The van der Waals surface area contributed by atoms with Gasteiger partial charge >= 0.3 is 0 Å². The topological polar surface area (TPSA) is 33.3 Å². The fraction of sp³-hybridized carbons (Fsp3) is 0.500. The first-order chi connectivity index (χ1) is 7.72. The van der Waals surface area contributed by atoms with Crippen LogP contribution in [0, 0.1) is 0 Å². The van der Waals surface area contributed by atoms with Crippen LogP contribution in [0.3, 0.4) is 0 Å². The minimum atomic E-state index is 0.257. The third-order valence-electron chi connectivity index (χ3n) is 2.51. The van der Waals surface area contributed by atoms with Crippen molar-refractivity contribution in [3.63, 3.8) is 0 Å². The Kier molecular flexibility index (Phi) is 5.80. The number of rotatable bonds is 6.